The van der Waals surface area contributed by atoms with Crippen LogP contribution >= 0.6 is 22.7 Å². The molecule has 0 saturated heterocycles. The van der Waals surface area contributed by atoms with Crippen LogP contribution in [0, 0.1) is 0 Å². The molecule has 0 saturated carbocycles. The third-order valence-corrected chi connectivity index (χ3v) is 32.8. The van der Waals surface area contributed by atoms with E-state index in [1.165, 1.54) is 12.8 Å². The summed E-state index contributed by atoms with van der Waals surface area (Å²) in [4.78, 5) is 15.5. The molecule has 5 aromatic rings. The summed E-state index contributed by atoms with van der Waals surface area (Å²) in [7, 11) is 0. The fourth-order valence-electron chi connectivity index (χ4n) is 4.40. The summed E-state index contributed by atoms with van der Waals surface area (Å²) in [6, 6.07) is 15.1. The summed E-state index contributed by atoms with van der Waals surface area (Å²) in [5, 5.41) is 3.15. The average molecular weight is 830 g/mol. The van der Waals surface area contributed by atoms with E-state index < -0.39 is 36.8 Å². The molecule has 178 valence electrons. The molecule has 4 heterocycles. The molecule has 5 rings (SSSR count). The Kier molecular flexibility index (Phi) is 7.59. The van der Waals surface area contributed by atoms with Gasteiger partial charge in [-0.3, -0.25) is 0 Å². The molecule has 0 aliphatic heterocycles. The van der Waals surface area contributed by atoms with Crippen LogP contribution in [0.4, 0.5) is 0 Å². The van der Waals surface area contributed by atoms with Gasteiger partial charge >= 0.3 is 236 Å². The minimum atomic E-state index is -2.20. The molecule has 1 aromatic carbocycles. The molecule has 34 heavy (non-hydrogen) atoms. The topological polar surface area (TPSA) is 0 Å². The van der Waals surface area contributed by atoms with Crippen LogP contribution in [0.2, 0.25) is 29.6 Å². The first-order chi connectivity index (χ1) is 16.0. The number of rotatable bonds is 6. The van der Waals surface area contributed by atoms with Gasteiger partial charge in [0.05, 0.1) is 0 Å². The van der Waals surface area contributed by atoms with Crippen molar-refractivity contribution in [1.29, 1.82) is 0 Å². The molecule has 6 heteroatoms. The maximum atomic E-state index is 2.66. The summed E-state index contributed by atoms with van der Waals surface area (Å²) in [6.45, 7) is 4.64. The zero-order chi connectivity index (χ0) is 24.4. The first-order valence-corrected chi connectivity index (χ1v) is 37.3. The molecule has 0 aliphatic rings. The maximum absolute atomic E-state index is 2.66. The molecular formula is C28H34S2Se2Sn2. The molecule has 0 aliphatic carbocycles. The van der Waals surface area contributed by atoms with Crippen LogP contribution in [0.3, 0.4) is 0 Å². The van der Waals surface area contributed by atoms with Crippen LogP contribution in [0.15, 0.2) is 36.4 Å². The van der Waals surface area contributed by atoms with Gasteiger partial charge in [0.15, 0.2) is 0 Å². The van der Waals surface area contributed by atoms with E-state index in [-0.39, 0.29) is 0 Å². The van der Waals surface area contributed by atoms with Crippen molar-refractivity contribution in [3.8, 4) is 20.0 Å². The van der Waals surface area contributed by atoms with Gasteiger partial charge in [0.1, 0.15) is 0 Å². The van der Waals surface area contributed by atoms with Crippen molar-refractivity contribution in [3.05, 3.63) is 45.3 Å². The van der Waals surface area contributed by atoms with Crippen molar-refractivity contribution in [2.24, 2.45) is 0 Å². The Labute approximate surface area is 233 Å². The fraction of sp³-hybridized carbons (Fsp3) is 0.357. The number of hydrogen-bond acceptors (Lipinski definition) is 2. The second kappa shape index (κ2) is 9.80. The quantitative estimate of drug-likeness (QED) is 0.154. The standard InChI is InChI=1S/C22H16S2Se2.6CH3.2Sn/c1-3-13-5-7-17(25-13)19-15-9-11-24-22(15)20(16-10-12-23-21(16)19)18-8-6-14(4-2)26-18;;;;;;;;/h5-10H,3-4H2,1-2H3;6*1H3;;. The van der Waals surface area contributed by atoms with E-state index in [2.05, 4.69) is 103 Å². The second-order valence-electron chi connectivity index (χ2n) is 11.2. The molecule has 0 radical (unpaired) electrons. The predicted molar refractivity (Wildman–Crippen MR) is 167 cm³/mol. The summed E-state index contributed by atoms with van der Waals surface area (Å²) in [5.41, 5.74) is 3.21. The SMILES string of the molecule is CCc1ccc(-c2c3c[c]([Sn]([CH3])([CH3])[CH3])sc3c(-c3ccc(CC)[se]3)c3c[c]([Sn]([CH3])([CH3])[CH3])sc23)[se]1. The van der Waals surface area contributed by atoms with Crippen molar-refractivity contribution in [2.75, 3.05) is 0 Å². The Hall–Kier alpha value is 0.736. The van der Waals surface area contributed by atoms with E-state index in [1.54, 1.807) is 54.8 Å². The first-order valence-electron chi connectivity index (χ1n) is 12.2. The summed E-state index contributed by atoms with van der Waals surface area (Å²) in [6.07, 6.45) is 2.37. The van der Waals surface area contributed by atoms with E-state index >= 15 is 0 Å². The molecule has 0 fully saturated rings. The normalized spacial score (nSPS) is 12.9. The fourth-order valence-corrected chi connectivity index (χ4v) is 21.8. The van der Waals surface area contributed by atoms with Crippen molar-refractivity contribution < 1.29 is 0 Å². The molecular weight excluding hydrogens is 796 g/mol. The molecule has 0 amide bonds. The molecule has 0 unspecified atom stereocenters. The predicted octanol–water partition coefficient (Wildman–Crippen LogP) is 7.78. The van der Waals surface area contributed by atoms with Gasteiger partial charge in [0.2, 0.25) is 0 Å². The molecule has 4 aromatic heterocycles. The van der Waals surface area contributed by atoms with Crippen LogP contribution in [0.5, 0.6) is 0 Å². The van der Waals surface area contributed by atoms with E-state index in [4.69, 9.17) is 0 Å². The monoisotopic (exact) mass is 834 g/mol. The second-order valence-corrected chi connectivity index (χ2v) is 49.0. The average Bonchev–Trinajstić information content (AvgIpc) is 3.55. The van der Waals surface area contributed by atoms with Crippen LogP contribution < -0.4 is 5.79 Å². The van der Waals surface area contributed by atoms with Crippen LogP contribution in [-0.4, -0.2) is 65.8 Å². The van der Waals surface area contributed by atoms with Gasteiger partial charge in [-0.2, -0.15) is 0 Å². The van der Waals surface area contributed by atoms with Crippen molar-refractivity contribution in [2.45, 2.75) is 56.3 Å². The van der Waals surface area contributed by atoms with Gasteiger partial charge in [0, 0.05) is 0 Å². The van der Waals surface area contributed by atoms with Crippen molar-refractivity contribution in [3.63, 3.8) is 0 Å². The van der Waals surface area contributed by atoms with Gasteiger partial charge < -0.3 is 0 Å². The summed E-state index contributed by atoms with van der Waals surface area (Å²) in [5.74, 6) is 0. The third kappa shape index (κ3) is 4.82. The Morgan fingerprint density at radius 1 is 0.618 bits per heavy atom. The number of benzene rings is 1. The van der Waals surface area contributed by atoms with Crippen LogP contribution in [0.1, 0.15) is 22.7 Å². The Morgan fingerprint density at radius 3 is 1.29 bits per heavy atom. The van der Waals surface area contributed by atoms with Crippen molar-refractivity contribution >= 4 is 114 Å². The number of aryl methyl sites for hydroxylation is 2. The molecule has 0 nitrogen and oxygen atoms in total. The van der Waals surface area contributed by atoms with E-state index in [0.717, 1.165) is 0 Å². The Bertz CT molecular complexity index is 1330. The van der Waals surface area contributed by atoms with Crippen LogP contribution in [-0.2, 0) is 12.8 Å². The van der Waals surface area contributed by atoms with Gasteiger partial charge in [-0.15, -0.1) is 0 Å². The summed E-state index contributed by atoms with van der Waals surface area (Å²) >= 11 is 0.842. The summed E-state index contributed by atoms with van der Waals surface area (Å²) < 4.78 is 13.2. The zero-order valence-corrected chi connectivity index (χ0v) is 32.3. The molecule has 0 atom stereocenters. The van der Waals surface area contributed by atoms with Crippen LogP contribution in [0.25, 0.3) is 40.2 Å². The Morgan fingerprint density at radius 2 is 1.00 bits per heavy atom. The molecule has 0 spiro atoms. The van der Waals surface area contributed by atoms with Crippen molar-refractivity contribution in [1.82, 2.24) is 0 Å². The zero-order valence-electron chi connectivity index (χ0n) is 21.5. The third-order valence-electron chi connectivity index (χ3n) is 6.45. The minimum absolute atomic E-state index is 0.464. The Balaban J connectivity index is 1.97. The number of thiophene rings is 2. The molecule has 0 N–H and O–H groups in total. The molecule has 0 bridgehead atoms. The number of fused-ring (bicyclic) bond motifs is 2. The van der Waals surface area contributed by atoms with Gasteiger partial charge in [0.25, 0.3) is 0 Å². The number of hydrogen-bond donors (Lipinski definition) is 0. The van der Waals surface area contributed by atoms with E-state index in [9.17, 15) is 0 Å². The van der Waals surface area contributed by atoms with Gasteiger partial charge in [-0.05, 0) is 0 Å². The first kappa shape index (κ1) is 26.3. The van der Waals surface area contributed by atoms with E-state index in [0.29, 0.717) is 29.0 Å². The van der Waals surface area contributed by atoms with E-state index in [1.807, 2.05) is 0 Å². The van der Waals surface area contributed by atoms with Gasteiger partial charge in [-0.1, -0.05) is 0 Å². The van der Waals surface area contributed by atoms with Gasteiger partial charge in [-0.25, -0.2) is 0 Å².